The lowest BCUT2D eigenvalue weighted by atomic mass is 10.1. The third kappa shape index (κ3) is 1.92. The first kappa shape index (κ1) is 12.7. The molecule has 0 amide bonds. The summed E-state index contributed by atoms with van der Waals surface area (Å²) in [6.45, 7) is 0. The summed E-state index contributed by atoms with van der Waals surface area (Å²) in [6, 6.07) is 20.7. The van der Waals surface area contributed by atoms with Crippen molar-refractivity contribution >= 4 is 42.4 Å². The van der Waals surface area contributed by atoms with Gasteiger partial charge in [-0.3, -0.25) is 4.98 Å². The van der Waals surface area contributed by atoms with Gasteiger partial charge in [-0.2, -0.15) is 0 Å². The Morgan fingerprint density at radius 3 is 2.52 bits per heavy atom. The van der Waals surface area contributed by atoms with Gasteiger partial charge in [-0.25, -0.2) is 0 Å². The second kappa shape index (κ2) is 4.83. The fraction of sp³-hybridized carbons (Fsp3) is 0. The highest BCUT2D eigenvalue weighted by atomic mass is 32.1. The van der Waals surface area contributed by atoms with Crippen molar-refractivity contribution in [1.29, 1.82) is 0 Å². The van der Waals surface area contributed by atoms with E-state index in [0.29, 0.717) is 0 Å². The molecule has 0 fully saturated rings. The van der Waals surface area contributed by atoms with Gasteiger partial charge in [-0.15, -0.1) is 21.5 Å². The molecule has 3 nitrogen and oxygen atoms in total. The highest BCUT2D eigenvalue weighted by Gasteiger charge is 2.11. The monoisotopic (exact) mass is 313 g/mol. The van der Waals surface area contributed by atoms with Crippen LogP contribution in [0.4, 0.5) is 0 Å². The van der Waals surface area contributed by atoms with Crippen LogP contribution < -0.4 is 0 Å². The van der Waals surface area contributed by atoms with Crippen LogP contribution in [0.5, 0.6) is 0 Å². The number of fused-ring (bicyclic) bond motifs is 4. The van der Waals surface area contributed by atoms with E-state index in [1.54, 1.807) is 11.3 Å². The molecule has 0 saturated heterocycles. The van der Waals surface area contributed by atoms with Crippen molar-refractivity contribution < 1.29 is 0 Å². The Balaban J connectivity index is 1.81. The number of hydrogen-bond acceptors (Lipinski definition) is 4. The van der Waals surface area contributed by atoms with E-state index in [4.69, 9.17) is 0 Å². The number of nitrogens with zero attached hydrogens (tertiary/aromatic N) is 3. The van der Waals surface area contributed by atoms with Crippen molar-refractivity contribution in [1.82, 2.24) is 15.2 Å². The molecule has 0 radical (unpaired) electrons. The minimum absolute atomic E-state index is 0.820. The lowest BCUT2D eigenvalue weighted by molar-refractivity contribution is 1.08. The van der Waals surface area contributed by atoms with E-state index < -0.39 is 0 Å². The molecule has 0 aliphatic rings. The van der Waals surface area contributed by atoms with Crippen LogP contribution in [0.15, 0.2) is 66.9 Å². The SMILES string of the molecule is c1ccc2c(-c3cc4sc5ccccc5c4nn3)nccc2c1. The van der Waals surface area contributed by atoms with Crippen LogP contribution in [0, 0.1) is 0 Å². The molecule has 0 unspecified atom stereocenters. The average molecular weight is 313 g/mol. The molecule has 0 aliphatic heterocycles. The van der Waals surface area contributed by atoms with Gasteiger partial charge >= 0.3 is 0 Å². The summed E-state index contributed by atoms with van der Waals surface area (Å²) in [7, 11) is 0. The van der Waals surface area contributed by atoms with Gasteiger partial charge in [0, 0.05) is 21.7 Å². The maximum Gasteiger partial charge on any atom is 0.113 e. The minimum Gasteiger partial charge on any atom is -0.254 e. The highest BCUT2D eigenvalue weighted by molar-refractivity contribution is 7.25. The van der Waals surface area contributed by atoms with Crippen LogP contribution in [-0.4, -0.2) is 15.2 Å². The van der Waals surface area contributed by atoms with Crippen LogP contribution in [0.25, 0.3) is 42.5 Å². The molecule has 0 aliphatic carbocycles. The van der Waals surface area contributed by atoms with Crippen molar-refractivity contribution in [3.63, 3.8) is 0 Å². The molecule has 4 heteroatoms. The summed E-state index contributed by atoms with van der Waals surface area (Å²) in [5, 5.41) is 12.3. The maximum absolute atomic E-state index is 4.54. The zero-order valence-corrected chi connectivity index (χ0v) is 12.9. The molecule has 0 saturated carbocycles. The number of benzene rings is 2. The first-order chi connectivity index (χ1) is 11.4. The molecule has 23 heavy (non-hydrogen) atoms. The molecule has 0 bridgehead atoms. The molecule has 3 heterocycles. The third-order valence-corrected chi connectivity index (χ3v) is 5.14. The van der Waals surface area contributed by atoms with Crippen molar-refractivity contribution in [2.45, 2.75) is 0 Å². The molecule has 5 rings (SSSR count). The maximum atomic E-state index is 4.54. The van der Waals surface area contributed by atoms with Gasteiger partial charge in [0.2, 0.25) is 0 Å². The molecule has 0 spiro atoms. The number of rotatable bonds is 1. The fourth-order valence-electron chi connectivity index (χ4n) is 2.95. The zero-order valence-electron chi connectivity index (χ0n) is 12.1. The summed E-state index contributed by atoms with van der Waals surface area (Å²) < 4.78 is 2.38. The first-order valence-electron chi connectivity index (χ1n) is 7.39. The molecular weight excluding hydrogens is 302 g/mol. The predicted molar refractivity (Wildman–Crippen MR) is 95.7 cm³/mol. The van der Waals surface area contributed by atoms with Crippen molar-refractivity contribution in [2.75, 3.05) is 0 Å². The van der Waals surface area contributed by atoms with Crippen LogP contribution in [0.3, 0.4) is 0 Å². The Kier molecular flexibility index (Phi) is 2.66. The predicted octanol–water partition coefficient (Wildman–Crippen LogP) is 5.06. The van der Waals surface area contributed by atoms with Gasteiger partial charge < -0.3 is 0 Å². The zero-order chi connectivity index (χ0) is 15.2. The Morgan fingerprint density at radius 1 is 0.739 bits per heavy atom. The molecule has 5 aromatic rings. The number of thiophene rings is 1. The summed E-state index contributed by atoms with van der Waals surface area (Å²) in [6.07, 6.45) is 1.83. The molecule has 0 atom stereocenters. The van der Waals surface area contributed by atoms with E-state index in [9.17, 15) is 0 Å². The fourth-order valence-corrected chi connectivity index (χ4v) is 4.02. The van der Waals surface area contributed by atoms with Gasteiger partial charge in [0.25, 0.3) is 0 Å². The van der Waals surface area contributed by atoms with Crippen LogP contribution >= 0.6 is 11.3 Å². The largest absolute Gasteiger partial charge is 0.254 e. The van der Waals surface area contributed by atoms with Crippen LogP contribution in [0.2, 0.25) is 0 Å². The number of hydrogen-bond donors (Lipinski definition) is 0. The lowest BCUT2D eigenvalue weighted by Crippen LogP contribution is -1.91. The number of aromatic nitrogens is 3. The molecule has 2 aromatic carbocycles. The molecule has 3 aromatic heterocycles. The lowest BCUT2D eigenvalue weighted by Gasteiger charge is -2.04. The van der Waals surface area contributed by atoms with Gasteiger partial charge in [-0.05, 0) is 23.6 Å². The van der Waals surface area contributed by atoms with E-state index in [1.165, 1.54) is 4.70 Å². The molecule has 0 N–H and O–H groups in total. The number of pyridine rings is 1. The Morgan fingerprint density at radius 2 is 1.57 bits per heavy atom. The van der Waals surface area contributed by atoms with E-state index >= 15 is 0 Å². The summed E-state index contributed by atoms with van der Waals surface area (Å²) in [4.78, 5) is 4.54. The van der Waals surface area contributed by atoms with Gasteiger partial charge in [0.15, 0.2) is 0 Å². The van der Waals surface area contributed by atoms with E-state index in [-0.39, 0.29) is 0 Å². The first-order valence-corrected chi connectivity index (χ1v) is 8.21. The second-order valence-electron chi connectivity index (χ2n) is 5.42. The van der Waals surface area contributed by atoms with Crippen LogP contribution in [0.1, 0.15) is 0 Å². The van der Waals surface area contributed by atoms with Gasteiger partial charge in [-0.1, -0.05) is 42.5 Å². The van der Waals surface area contributed by atoms with Crippen molar-refractivity contribution in [3.05, 3.63) is 66.9 Å². The Hall–Kier alpha value is -2.85. The molecular formula is C19H11N3S. The van der Waals surface area contributed by atoms with E-state index in [2.05, 4.69) is 51.6 Å². The van der Waals surface area contributed by atoms with Crippen LogP contribution in [-0.2, 0) is 0 Å². The minimum atomic E-state index is 0.820. The third-order valence-electron chi connectivity index (χ3n) is 4.04. The Labute approximate surface area is 136 Å². The summed E-state index contributed by atoms with van der Waals surface area (Å²) in [5.74, 6) is 0. The van der Waals surface area contributed by atoms with Gasteiger partial charge in [0.05, 0.1) is 10.4 Å². The average Bonchev–Trinajstić information content (AvgIpc) is 2.99. The quantitative estimate of drug-likeness (QED) is 0.434. The molecule has 108 valence electrons. The normalized spacial score (nSPS) is 11.5. The smallest absolute Gasteiger partial charge is 0.113 e. The Bertz CT molecular complexity index is 1170. The van der Waals surface area contributed by atoms with Gasteiger partial charge in [0.1, 0.15) is 11.2 Å². The standard InChI is InChI=1S/C19H11N3S/c1-2-6-13-12(5-1)9-10-20-18(13)15-11-17-19(22-21-15)14-7-3-4-8-16(14)23-17/h1-11H. The summed E-state index contributed by atoms with van der Waals surface area (Å²) in [5.41, 5.74) is 2.67. The summed E-state index contributed by atoms with van der Waals surface area (Å²) >= 11 is 1.75. The topological polar surface area (TPSA) is 38.7 Å². The van der Waals surface area contributed by atoms with E-state index in [1.807, 2.05) is 30.5 Å². The van der Waals surface area contributed by atoms with E-state index in [0.717, 1.165) is 37.8 Å². The second-order valence-corrected chi connectivity index (χ2v) is 6.51. The van der Waals surface area contributed by atoms with Crippen molar-refractivity contribution in [2.24, 2.45) is 0 Å². The van der Waals surface area contributed by atoms with Crippen molar-refractivity contribution in [3.8, 4) is 11.4 Å². The highest BCUT2D eigenvalue weighted by Crippen LogP contribution is 2.34.